The van der Waals surface area contributed by atoms with Crippen LogP contribution in [0.3, 0.4) is 0 Å². The van der Waals surface area contributed by atoms with E-state index >= 15 is 0 Å². The number of hydrogen-bond donors (Lipinski definition) is 0. The van der Waals surface area contributed by atoms with Crippen LogP contribution in [-0.4, -0.2) is 26.2 Å². The van der Waals surface area contributed by atoms with Crippen molar-refractivity contribution in [2.75, 3.05) is 36.0 Å². The van der Waals surface area contributed by atoms with Crippen LogP contribution in [0.5, 0.6) is 0 Å². The van der Waals surface area contributed by atoms with Gasteiger partial charge in [0.25, 0.3) is 0 Å². The van der Waals surface area contributed by atoms with Crippen LogP contribution >= 0.6 is 0 Å². The molecule has 2 nitrogen and oxygen atoms in total. The molecule has 0 aromatic heterocycles. The van der Waals surface area contributed by atoms with Crippen molar-refractivity contribution in [3.8, 4) is 66.8 Å². The number of anilines is 2. The molecule has 2 heterocycles. The third-order valence-corrected chi connectivity index (χ3v) is 19.1. The molecule has 0 saturated carbocycles. The average molecular weight is 973 g/mol. The number of fused-ring (bicyclic) bond motifs is 22. The monoisotopic (exact) mass is 972 g/mol. The van der Waals surface area contributed by atoms with Crippen molar-refractivity contribution in [3.63, 3.8) is 0 Å². The van der Waals surface area contributed by atoms with E-state index in [9.17, 15) is 0 Å². The van der Waals surface area contributed by atoms with Crippen molar-refractivity contribution in [1.82, 2.24) is 0 Å². The summed E-state index contributed by atoms with van der Waals surface area (Å²) in [4.78, 5) is 5.31. The van der Waals surface area contributed by atoms with Gasteiger partial charge in [-0.1, -0.05) is 182 Å². The molecule has 0 radical (unpaired) electrons. The van der Waals surface area contributed by atoms with Gasteiger partial charge in [0.2, 0.25) is 0 Å². The zero-order valence-corrected chi connectivity index (χ0v) is 42.8. The van der Waals surface area contributed by atoms with E-state index in [0.717, 1.165) is 26.2 Å². The summed E-state index contributed by atoms with van der Waals surface area (Å²) in [6.07, 6.45) is 7.52. The van der Waals surface area contributed by atoms with Crippen LogP contribution in [0, 0.1) is 0 Å². The minimum Gasteiger partial charge on any atom is -0.372 e. The fourth-order valence-corrected chi connectivity index (χ4v) is 16.0. The lowest BCUT2D eigenvalue weighted by Gasteiger charge is -2.32. The van der Waals surface area contributed by atoms with Gasteiger partial charge in [-0.25, -0.2) is 0 Å². The molecular formula is C74H56N2. The maximum absolute atomic E-state index is 2.65. The maximum atomic E-state index is 2.65. The Labute approximate surface area is 445 Å². The topological polar surface area (TPSA) is 6.48 Å². The first kappa shape index (κ1) is 42.8. The van der Waals surface area contributed by atoms with E-state index in [4.69, 9.17) is 0 Å². The Morgan fingerprint density at radius 2 is 0.526 bits per heavy atom. The van der Waals surface area contributed by atoms with Gasteiger partial charge in [0.1, 0.15) is 0 Å². The van der Waals surface area contributed by atoms with Crippen molar-refractivity contribution in [2.45, 2.75) is 49.4 Å². The first-order valence-corrected chi connectivity index (χ1v) is 28.1. The quantitative estimate of drug-likeness (QED) is 0.162. The highest BCUT2D eigenvalue weighted by Gasteiger charge is 2.53. The van der Waals surface area contributed by atoms with Gasteiger partial charge in [-0.2, -0.15) is 0 Å². The van der Waals surface area contributed by atoms with Crippen molar-refractivity contribution in [3.05, 3.63) is 263 Å². The van der Waals surface area contributed by atoms with Crippen LogP contribution in [0.1, 0.15) is 83.0 Å². The second-order valence-corrected chi connectivity index (χ2v) is 22.6. The Hall–Kier alpha value is -8.46. The van der Waals surface area contributed by atoms with Crippen molar-refractivity contribution >= 4 is 32.9 Å². The zero-order valence-electron chi connectivity index (χ0n) is 42.8. The minimum absolute atomic E-state index is 0.434. The van der Waals surface area contributed by atoms with Crippen LogP contribution in [-0.2, 0) is 10.8 Å². The number of benzene rings is 11. The molecule has 0 amide bonds. The van der Waals surface area contributed by atoms with Gasteiger partial charge in [-0.3, -0.25) is 0 Å². The lowest BCUT2D eigenvalue weighted by atomic mass is 9.70. The summed E-state index contributed by atoms with van der Waals surface area (Å²) in [5, 5.41) is 5.27. The zero-order chi connectivity index (χ0) is 49.7. The van der Waals surface area contributed by atoms with E-state index in [1.165, 1.54) is 183 Å². The van der Waals surface area contributed by atoms with Crippen LogP contribution < -0.4 is 9.80 Å². The first-order valence-electron chi connectivity index (χ1n) is 28.1. The second-order valence-electron chi connectivity index (χ2n) is 22.6. The molecule has 2 fully saturated rings. The minimum atomic E-state index is -0.434. The molecule has 17 rings (SSSR count). The molecule has 0 unspecified atom stereocenters. The fourth-order valence-electron chi connectivity index (χ4n) is 16.0. The molecule has 0 atom stereocenters. The van der Waals surface area contributed by atoms with Gasteiger partial charge in [-0.15, -0.1) is 0 Å². The van der Waals surface area contributed by atoms with E-state index in [2.05, 4.69) is 228 Å². The van der Waals surface area contributed by atoms with Gasteiger partial charge in [0, 0.05) is 37.6 Å². The number of hydrogen-bond acceptors (Lipinski definition) is 2. The summed E-state index contributed by atoms with van der Waals surface area (Å²) in [6.45, 7) is 4.37. The Bertz CT molecular complexity index is 3870. The predicted octanol–water partition coefficient (Wildman–Crippen LogP) is 18.0. The van der Waals surface area contributed by atoms with Gasteiger partial charge in [0.05, 0.1) is 10.8 Å². The molecule has 0 bridgehead atoms. The maximum Gasteiger partial charge on any atom is 0.0725 e. The largest absolute Gasteiger partial charge is 0.372 e. The van der Waals surface area contributed by atoms with Gasteiger partial charge < -0.3 is 9.80 Å². The molecule has 11 aromatic rings. The number of nitrogens with zero attached hydrogens (tertiary/aromatic N) is 2. The van der Waals surface area contributed by atoms with Gasteiger partial charge in [-0.05, 0) is 208 Å². The van der Waals surface area contributed by atoms with E-state index in [0.29, 0.717) is 0 Å². The number of piperidine rings is 2. The molecule has 11 aromatic carbocycles. The summed E-state index contributed by atoms with van der Waals surface area (Å²) in [6, 6.07) is 85.6. The molecule has 2 heteroatoms. The van der Waals surface area contributed by atoms with Crippen LogP contribution in [0.2, 0.25) is 0 Å². The van der Waals surface area contributed by atoms with Crippen molar-refractivity contribution in [2.24, 2.45) is 0 Å². The Morgan fingerprint density at radius 3 is 0.842 bits per heavy atom. The summed E-state index contributed by atoms with van der Waals surface area (Å²) in [5.41, 5.74) is 28.7. The Balaban J connectivity index is 0.971. The summed E-state index contributed by atoms with van der Waals surface area (Å²) >= 11 is 0. The lowest BCUT2D eigenvalue weighted by molar-refractivity contribution is 0.578. The van der Waals surface area contributed by atoms with E-state index < -0.39 is 10.8 Å². The lowest BCUT2D eigenvalue weighted by Crippen LogP contribution is -2.29. The van der Waals surface area contributed by atoms with Crippen molar-refractivity contribution in [1.29, 1.82) is 0 Å². The van der Waals surface area contributed by atoms with Crippen molar-refractivity contribution < 1.29 is 0 Å². The van der Waals surface area contributed by atoms with E-state index in [-0.39, 0.29) is 0 Å². The van der Waals surface area contributed by atoms with Crippen LogP contribution in [0.4, 0.5) is 11.4 Å². The number of rotatable bonds is 4. The summed E-state index contributed by atoms with van der Waals surface area (Å²) in [7, 11) is 0. The SMILES string of the molecule is c1ccc2c(c1)-c1ccccc1C21c2ccccc2-c2ccc(-c3c4ccc(N5CCCCC5)cc4c(-c4ccc5c(c4)C4(c6ccccc6-c6ccccc64)c4ccccc4-5)c4ccc(N5CCCCC5)cc34)cc21. The fraction of sp³-hybridized carbons (Fsp3) is 0.162. The molecule has 76 heavy (non-hydrogen) atoms. The molecule has 2 aliphatic heterocycles. The normalized spacial score (nSPS) is 16.6. The molecule has 2 saturated heterocycles. The molecule has 362 valence electrons. The molecular weight excluding hydrogens is 917 g/mol. The smallest absolute Gasteiger partial charge is 0.0725 e. The van der Waals surface area contributed by atoms with Crippen LogP contribution in [0.25, 0.3) is 88.3 Å². The predicted molar refractivity (Wildman–Crippen MR) is 317 cm³/mol. The Kier molecular flexibility index (Phi) is 9.04. The molecule has 2 spiro atoms. The van der Waals surface area contributed by atoms with E-state index in [1.807, 2.05) is 0 Å². The standard InChI is InChI=1S/C74H56N2/c1-15-39-75(40-16-1)49-33-37-59-61(45-49)71(47-31-35-57-55-23-7-13-29-67(55)73(69(57)43-47)63-25-9-3-19-51(63)52-20-4-10-26-64(52)73)60-38-34-50(76-41-17-2-18-42-76)46-62(60)72(59)48-32-36-58-56-24-8-14-30-68(56)74(70(58)44-48)65-27-11-5-21-53(65)54-22-6-12-28-66(54)74/h3-14,19-38,43-46H,1-2,15-18,39-42H2. The average Bonchev–Trinajstić information content (AvgIpc) is 4.33. The third-order valence-electron chi connectivity index (χ3n) is 19.1. The third kappa shape index (κ3) is 5.56. The van der Waals surface area contributed by atoms with Gasteiger partial charge in [0.15, 0.2) is 0 Å². The molecule has 0 N–H and O–H groups in total. The molecule has 4 aliphatic carbocycles. The second kappa shape index (κ2) is 16.0. The highest BCUT2D eigenvalue weighted by molar-refractivity contribution is 6.23. The highest BCUT2D eigenvalue weighted by Crippen LogP contribution is 2.65. The summed E-state index contributed by atoms with van der Waals surface area (Å²) in [5.74, 6) is 0. The highest BCUT2D eigenvalue weighted by atomic mass is 15.1. The van der Waals surface area contributed by atoms with Crippen LogP contribution in [0.15, 0.2) is 218 Å². The molecule has 6 aliphatic rings. The first-order chi connectivity index (χ1) is 37.7. The summed E-state index contributed by atoms with van der Waals surface area (Å²) < 4.78 is 0. The van der Waals surface area contributed by atoms with Gasteiger partial charge >= 0.3 is 0 Å². The van der Waals surface area contributed by atoms with E-state index in [1.54, 1.807) is 0 Å². The Morgan fingerprint density at radius 1 is 0.237 bits per heavy atom.